The molecule has 114 valence electrons. The monoisotopic (exact) mass is 298 g/mol. The number of aliphatic carboxylic acids is 1. The fourth-order valence-corrected chi connectivity index (χ4v) is 3.36. The van der Waals surface area contributed by atoms with Gasteiger partial charge in [-0.15, -0.1) is 0 Å². The molecule has 1 aromatic carbocycles. The number of ether oxygens (including phenoxy) is 1. The van der Waals surface area contributed by atoms with Gasteiger partial charge in [0.05, 0.1) is 11.3 Å². The Kier molecular flexibility index (Phi) is 3.06. The summed E-state index contributed by atoms with van der Waals surface area (Å²) in [6.45, 7) is 2.68. The minimum absolute atomic E-state index is 0.419. The normalized spacial score (nSPS) is 19.8. The van der Waals surface area contributed by atoms with E-state index in [-0.39, 0.29) is 0 Å². The summed E-state index contributed by atoms with van der Waals surface area (Å²) >= 11 is 0. The third-order valence-electron chi connectivity index (χ3n) is 4.43. The summed E-state index contributed by atoms with van der Waals surface area (Å²) in [4.78, 5) is 15.6. The molecule has 3 aliphatic rings. The minimum atomic E-state index is -0.857. The Balaban J connectivity index is 1.75. The van der Waals surface area contributed by atoms with Crippen molar-refractivity contribution < 1.29 is 14.6 Å². The highest BCUT2D eigenvalue weighted by Gasteiger charge is 2.28. The highest BCUT2D eigenvalue weighted by atomic mass is 16.5. The smallest absolute Gasteiger partial charge is 0.333 e. The standard InChI is InChI=1S/C17H18N2O3/c20-17(21)13-10-12-4-3-5-14-16(12)19(11-13)9-6-15(22-14)18-7-1-2-8-18/h3-6,11H,1-2,7-10H2,(H,20,21). The number of carbonyl (C=O) groups is 1. The number of hydrogen-bond donors (Lipinski definition) is 1. The summed E-state index contributed by atoms with van der Waals surface area (Å²) in [5, 5.41) is 9.31. The van der Waals surface area contributed by atoms with Crippen molar-refractivity contribution in [2.45, 2.75) is 19.3 Å². The van der Waals surface area contributed by atoms with Crippen molar-refractivity contribution in [3.63, 3.8) is 0 Å². The van der Waals surface area contributed by atoms with Crippen molar-refractivity contribution in [3.8, 4) is 5.75 Å². The van der Waals surface area contributed by atoms with Crippen molar-refractivity contribution in [2.24, 2.45) is 0 Å². The predicted octanol–water partition coefficient (Wildman–Crippen LogP) is 2.35. The van der Waals surface area contributed by atoms with Crippen LogP contribution in [0.4, 0.5) is 5.69 Å². The van der Waals surface area contributed by atoms with E-state index in [9.17, 15) is 9.90 Å². The highest BCUT2D eigenvalue weighted by Crippen LogP contribution is 2.40. The largest absolute Gasteiger partial charge is 0.478 e. The number of carboxylic acid groups (broad SMARTS) is 1. The van der Waals surface area contributed by atoms with E-state index >= 15 is 0 Å². The van der Waals surface area contributed by atoms with Crippen LogP contribution in [0.15, 0.2) is 41.9 Å². The Morgan fingerprint density at radius 1 is 1.23 bits per heavy atom. The number of nitrogens with zero attached hydrogens (tertiary/aromatic N) is 2. The second-order valence-corrected chi connectivity index (χ2v) is 5.89. The fraction of sp³-hybridized carbons (Fsp3) is 0.353. The van der Waals surface area contributed by atoms with Gasteiger partial charge in [0, 0.05) is 32.3 Å². The zero-order chi connectivity index (χ0) is 15.1. The maximum Gasteiger partial charge on any atom is 0.333 e. The van der Waals surface area contributed by atoms with Gasteiger partial charge in [-0.1, -0.05) is 12.1 Å². The van der Waals surface area contributed by atoms with Crippen LogP contribution in [-0.2, 0) is 11.2 Å². The van der Waals surface area contributed by atoms with Gasteiger partial charge in [0.2, 0.25) is 0 Å². The number of carboxylic acids is 1. The van der Waals surface area contributed by atoms with Crippen molar-refractivity contribution >= 4 is 11.7 Å². The minimum Gasteiger partial charge on any atom is -0.478 e. The second-order valence-electron chi connectivity index (χ2n) is 5.89. The van der Waals surface area contributed by atoms with Crippen LogP contribution in [0.25, 0.3) is 0 Å². The molecule has 5 nitrogen and oxygen atoms in total. The summed E-state index contributed by atoms with van der Waals surface area (Å²) in [6, 6.07) is 5.87. The first-order chi connectivity index (χ1) is 10.7. The molecule has 0 atom stereocenters. The summed E-state index contributed by atoms with van der Waals surface area (Å²) in [7, 11) is 0. The first-order valence-electron chi connectivity index (χ1n) is 7.68. The third-order valence-corrected chi connectivity index (χ3v) is 4.43. The van der Waals surface area contributed by atoms with Gasteiger partial charge >= 0.3 is 5.97 Å². The Bertz CT molecular complexity index is 687. The number of para-hydroxylation sites is 1. The van der Waals surface area contributed by atoms with Gasteiger partial charge in [0.25, 0.3) is 0 Å². The van der Waals surface area contributed by atoms with Gasteiger partial charge in [-0.3, -0.25) is 0 Å². The molecular weight excluding hydrogens is 280 g/mol. The van der Waals surface area contributed by atoms with E-state index in [1.807, 2.05) is 23.1 Å². The zero-order valence-electron chi connectivity index (χ0n) is 12.3. The molecular formula is C17H18N2O3. The summed E-state index contributed by atoms with van der Waals surface area (Å²) in [5.74, 6) is 0.851. The summed E-state index contributed by atoms with van der Waals surface area (Å²) < 4.78 is 6.15. The van der Waals surface area contributed by atoms with Crippen LogP contribution in [0.3, 0.4) is 0 Å². The lowest BCUT2D eigenvalue weighted by Crippen LogP contribution is -2.24. The van der Waals surface area contributed by atoms with Crippen molar-refractivity contribution in [1.29, 1.82) is 0 Å². The first-order valence-corrected chi connectivity index (χ1v) is 7.68. The number of rotatable bonds is 2. The average molecular weight is 298 g/mol. The van der Waals surface area contributed by atoms with E-state index < -0.39 is 5.97 Å². The molecule has 1 saturated heterocycles. The van der Waals surface area contributed by atoms with Crippen LogP contribution in [-0.4, -0.2) is 35.6 Å². The van der Waals surface area contributed by atoms with Crippen molar-refractivity contribution in [3.05, 3.63) is 47.5 Å². The van der Waals surface area contributed by atoms with E-state index in [1.165, 1.54) is 12.8 Å². The van der Waals surface area contributed by atoms with E-state index in [2.05, 4.69) is 11.0 Å². The van der Waals surface area contributed by atoms with E-state index in [0.29, 0.717) is 18.5 Å². The lowest BCUT2D eigenvalue weighted by molar-refractivity contribution is -0.132. The number of hydrogen-bond acceptors (Lipinski definition) is 4. The topological polar surface area (TPSA) is 53.0 Å². The van der Waals surface area contributed by atoms with Crippen LogP contribution in [0, 0.1) is 0 Å². The molecule has 1 N–H and O–H groups in total. The third kappa shape index (κ3) is 2.13. The summed E-state index contributed by atoms with van der Waals surface area (Å²) in [6.07, 6.45) is 6.62. The van der Waals surface area contributed by atoms with Gasteiger partial charge in [0.15, 0.2) is 11.6 Å². The van der Waals surface area contributed by atoms with Crippen LogP contribution in [0.5, 0.6) is 5.75 Å². The maximum absolute atomic E-state index is 11.3. The average Bonchev–Trinajstić information content (AvgIpc) is 2.98. The predicted molar refractivity (Wildman–Crippen MR) is 82.7 cm³/mol. The lowest BCUT2D eigenvalue weighted by atomic mass is 9.99. The van der Waals surface area contributed by atoms with Gasteiger partial charge in [-0.2, -0.15) is 0 Å². The van der Waals surface area contributed by atoms with Crippen LogP contribution < -0.4 is 9.64 Å². The Morgan fingerprint density at radius 3 is 2.82 bits per heavy atom. The number of benzene rings is 1. The molecule has 0 bridgehead atoms. The quantitative estimate of drug-likeness (QED) is 0.908. The molecule has 22 heavy (non-hydrogen) atoms. The Labute approximate surface area is 129 Å². The lowest BCUT2D eigenvalue weighted by Gasteiger charge is -2.27. The Morgan fingerprint density at radius 2 is 2.05 bits per heavy atom. The fourth-order valence-electron chi connectivity index (χ4n) is 3.36. The van der Waals surface area contributed by atoms with Gasteiger partial charge in [-0.05, 0) is 30.5 Å². The molecule has 0 aromatic heterocycles. The Hall–Kier alpha value is -2.43. The molecule has 0 unspecified atom stereocenters. The molecule has 4 rings (SSSR count). The van der Waals surface area contributed by atoms with Gasteiger partial charge in [-0.25, -0.2) is 4.79 Å². The second kappa shape index (κ2) is 5.09. The highest BCUT2D eigenvalue weighted by molar-refractivity contribution is 5.90. The van der Waals surface area contributed by atoms with E-state index in [4.69, 9.17) is 4.74 Å². The maximum atomic E-state index is 11.3. The van der Waals surface area contributed by atoms with E-state index in [1.54, 1.807) is 6.20 Å². The molecule has 5 heteroatoms. The number of likely N-dealkylation sites (tertiary alicyclic amines) is 1. The SMILES string of the molecule is O=C(O)C1=CN2CC=C(N3CCCC3)Oc3cccc(c32)C1. The number of anilines is 1. The molecule has 0 spiro atoms. The molecule has 1 fully saturated rings. The molecule has 0 radical (unpaired) electrons. The van der Waals surface area contributed by atoms with Gasteiger partial charge < -0.3 is 19.6 Å². The van der Waals surface area contributed by atoms with Crippen molar-refractivity contribution in [2.75, 3.05) is 24.5 Å². The van der Waals surface area contributed by atoms with Crippen LogP contribution in [0.1, 0.15) is 18.4 Å². The van der Waals surface area contributed by atoms with Crippen molar-refractivity contribution in [1.82, 2.24) is 4.90 Å². The van der Waals surface area contributed by atoms with Crippen LogP contribution >= 0.6 is 0 Å². The zero-order valence-corrected chi connectivity index (χ0v) is 12.3. The van der Waals surface area contributed by atoms with Crippen LogP contribution in [0.2, 0.25) is 0 Å². The molecule has 1 aromatic rings. The molecule has 0 amide bonds. The first kappa shape index (κ1) is 13.2. The molecule has 3 heterocycles. The summed E-state index contributed by atoms with van der Waals surface area (Å²) in [5.41, 5.74) is 2.43. The van der Waals surface area contributed by atoms with Gasteiger partial charge in [0.1, 0.15) is 0 Å². The van der Waals surface area contributed by atoms with E-state index in [0.717, 1.165) is 36.0 Å². The molecule has 0 saturated carbocycles. The molecule has 0 aliphatic carbocycles. The molecule has 3 aliphatic heterocycles.